The highest BCUT2D eigenvalue weighted by Crippen LogP contribution is 2.22. The number of carbonyl (C=O) groups excluding carboxylic acids is 1. The maximum absolute atomic E-state index is 12.2. The van der Waals surface area contributed by atoms with Crippen molar-refractivity contribution in [1.82, 2.24) is 14.8 Å². The fourth-order valence-electron chi connectivity index (χ4n) is 2.58. The third-order valence-corrected chi connectivity index (χ3v) is 5.52. The first-order valence-electron chi connectivity index (χ1n) is 9.00. The number of carbonyl (C=O) groups is 1. The molecule has 1 N–H and O–H groups in total. The lowest BCUT2D eigenvalue weighted by atomic mass is 10.1. The topological polar surface area (TPSA) is 69.0 Å². The Bertz CT molecular complexity index is 967. The third-order valence-electron chi connectivity index (χ3n) is 4.50. The Kier molecular flexibility index (Phi) is 6.36. The first-order chi connectivity index (χ1) is 13.4. The minimum absolute atomic E-state index is 0.0787. The SMILES string of the molecule is Cc1ccc(NC(=O)CSc2nnc(COc3cccc(C)c3C)n2C)cc1. The Morgan fingerprint density at radius 2 is 1.86 bits per heavy atom. The van der Waals surface area contributed by atoms with E-state index in [2.05, 4.69) is 28.5 Å². The predicted molar refractivity (Wildman–Crippen MR) is 112 cm³/mol. The van der Waals surface area contributed by atoms with E-state index in [1.54, 1.807) is 0 Å². The maximum Gasteiger partial charge on any atom is 0.234 e. The Hall–Kier alpha value is -2.80. The molecule has 28 heavy (non-hydrogen) atoms. The van der Waals surface area contributed by atoms with Crippen LogP contribution in [0.2, 0.25) is 0 Å². The highest BCUT2D eigenvalue weighted by molar-refractivity contribution is 7.99. The summed E-state index contributed by atoms with van der Waals surface area (Å²) in [5.74, 6) is 1.74. The molecule has 1 amide bonds. The van der Waals surface area contributed by atoms with Crippen LogP contribution in [0.5, 0.6) is 5.75 Å². The summed E-state index contributed by atoms with van der Waals surface area (Å²) in [6.45, 7) is 6.43. The normalized spacial score (nSPS) is 10.7. The van der Waals surface area contributed by atoms with Crippen LogP contribution in [-0.2, 0) is 18.4 Å². The summed E-state index contributed by atoms with van der Waals surface area (Å²) in [6, 6.07) is 13.7. The van der Waals surface area contributed by atoms with Crippen LogP contribution in [0.15, 0.2) is 47.6 Å². The quantitative estimate of drug-likeness (QED) is 0.610. The number of benzene rings is 2. The van der Waals surface area contributed by atoms with Crippen LogP contribution in [0.25, 0.3) is 0 Å². The number of hydrogen-bond acceptors (Lipinski definition) is 5. The summed E-state index contributed by atoms with van der Waals surface area (Å²) in [7, 11) is 1.88. The van der Waals surface area contributed by atoms with E-state index in [9.17, 15) is 4.79 Å². The van der Waals surface area contributed by atoms with Gasteiger partial charge in [0.2, 0.25) is 5.91 Å². The van der Waals surface area contributed by atoms with Gasteiger partial charge in [-0.25, -0.2) is 0 Å². The molecule has 0 bridgehead atoms. The van der Waals surface area contributed by atoms with E-state index >= 15 is 0 Å². The minimum Gasteiger partial charge on any atom is -0.485 e. The van der Waals surface area contributed by atoms with Gasteiger partial charge in [-0.3, -0.25) is 4.79 Å². The van der Waals surface area contributed by atoms with E-state index in [1.807, 2.05) is 61.9 Å². The molecular formula is C21H24N4O2S. The van der Waals surface area contributed by atoms with Crippen molar-refractivity contribution in [2.24, 2.45) is 7.05 Å². The fraction of sp³-hybridized carbons (Fsp3) is 0.286. The van der Waals surface area contributed by atoms with Crippen LogP contribution in [-0.4, -0.2) is 26.4 Å². The summed E-state index contributed by atoms with van der Waals surface area (Å²) >= 11 is 1.35. The summed E-state index contributed by atoms with van der Waals surface area (Å²) < 4.78 is 7.76. The van der Waals surface area contributed by atoms with E-state index in [1.165, 1.54) is 17.3 Å². The maximum atomic E-state index is 12.2. The molecule has 6 nitrogen and oxygen atoms in total. The molecule has 2 aromatic carbocycles. The average Bonchev–Trinajstić information content (AvgIpc) is 3.03. The van der Waals surface area contributed by atoms with Gasteiger partial charge in [-0.2, -0.15) is 0 Å². The molecule has 0 aliphatic heterocycles. The molecule has 0 fully saturated rings. The van der Waals surface area contributed by atoms with Crippen LogP contribution >= 0.6 is 11.8 Å². The number of aromatic nitrogens is 3. The van der Waals surface area contributed by atoms with Crippen molar-refractivity contribution in [3.05, 3.63) is 65.0 Å². The van der Waals surface area contributed by atoms with Crippen molar-refractivity contribution in [3.63, 3.8) is 0 Å². The lowest BCUT2D eigenvalue weighted by molar-refractivity contribution is -0.113. The van der Waals surface area contributed by atoms with Crippen molar-refractivity contribution in [2.75, 3.05) is 11.1 Å². The van der Waals surface area contributed by atoms with Gasteiger partial charge in [0, 0.05) is 12.7 Å². The molecule has 0 saturated carbocycles. The molecule has 1 aromatic heterocycles. The molecule has 146 valence electrons. The molecule has 0 unspecified atom stereocenters. The highest BCUT2D eigenvalue weighted by Gasteiger charge is 2.13. The second-order valence-corrected chi connectivity index (χ2v) is 7.59. The molecular weight excluding hydrogens is 372 g/mol. The monoisotopic (exact) mass is 396 g/mol. The molecule has 0 aliphatic rings. The van der Waals surface area contributed by atoms with Gasteiger partial charge in [-0.05, 0) is 50.1 Å². The van der Waals surface area contributed by atoms with Crippen LogP contribution in [0, 0.1) is 20.8 Å². The molecule has 3 rings (SSSR count). The molecule has 0 aliphatic carbocycles. The van der Waals surface area contributed by atoms with Gasteiger partial charge >= 0.3 is 0 Å². The Morgan fingerprint density at radius 1 is 1.11 bits per heavy atom. The van der Waals surface area contributed by atoms with Crippen molar-refractivity contribution in [2.45, 2.75) is 32.5 Å². The van der Waals surface area contributed by atoms with Gasteiger partial charge in [0.25, 0.3) is 0 Å². The number of rotatable bonds is 7. The number of hydrogen-bond donors (Lipinski definition) is 1. The second-order valence-electron chi connectivity index (χ2n) is 6.65. The second kappa shape index (κ2) is 8.93. The number of nitrogens with zero attached hydrogens (tertiary/aromatic N) is 3. The molecule has 3 aromatic rings. The number of aryl methyl sites for hydroxylation is 2. The molecule has 0 radical (unpaired) electrons. The Morgan fingerprint density at radius 3 is 2.61 bits per heavy atom. The van der Waals surface area contributed by atoms with Crippen molar-refractivity contribution < 1.29 is 9.53 Å². The third kappa shape index (κ3) is 4.92. The lowest BCUT2D eigenvalue weighted by Gasteiger charge is -2.10. The van der Waals surface area contributed by atoms with Gasteiger partial charge in [0.1, 0.15) is 12.4 Å². The lowest BCUT2D eigenvalue weighted by Crippen LogP contribution is -2.14. The smallest absolute Gasteiger partial charge is 0.234 e. The van der Waals surface area contributed by atoms with Crippen molar-refractivity contribution in [3.8, 4) is 5.75 Å². The van der Waals surface area contributed by atoms with Gasteiger partial charge in [0.05, 0.1) is 5.75 Å². The number of amides is 1. The average molecular weight is 397 g/mol. The van der Waals surface area contributed by atoms with E-state index in [-0.39, 0.29) is 11.7 Å². The number of nitrogens with one attached hydrogen (secondary N) is 1. The van der Waals surface area contributed by atoms with Gasteiger partial charge in [-0.1, -0.05) is 41.6 Å². The number of ether oxygens (including phenoxy) is 1. The van der Waals surface area contributed by atoms with E-state index in [0.29, 0.717) is 17.6 Å². The van der Waals surface area contributed by atoms with Crippen LogP contribution in [0.4, 0.5) is 5.69 Å². The number of anilines is 1. The predicted octanol–water partition coefficient (Wildman–Crippen LogP) is 4.05. The Balaban J connectivity index is 1.54. The van der Waals surface area contributed by atoms with Gasteiger partial charge in [0.15, 0.2) is 11.0 Å². The number of thioether (sulfide) groups is 1. The minimum atomic E-state index is -0.0787. The molecule has 0 saturated heterocycles. The first kappa shape index (κ1) is 19.9. The molecule has 1 heterocycles. The zero-order valence-electron chi connectivity index (χ0n) is 16.5. The molecule has 0 spiro atoms. The summed E-state index contributed by atoms with van der Waals surface area (Å²) in [5.41, 5.74) is 4.25. The van der Waals surface area contributed by atoms with Crippen LogP contribution in [0.3, 0.4) is 0 Å². The van der Waals surface area contributed by atoms with Crippen LogP contribution < -0.4 is 10.1 Å². The summed E-state index contributed by atoms with van der Waals surface area (Å²) in [6.07, 6.45) is 0. The van der Waals surface area contributed by atoms with Gasteiger partial charge in [-0.15, -0.1) is 10.2 Å². The van der Waals surface area contributed by atoms with Crippen molar-refractivity contribution >= 4 is 23.4 Å². The zero-order valence-corrected chi connectivity index (χ0v) is 17.3. The van der Waals surface area contributed by atoms with E-state index in [4.69, 9.17) is 4.74 Å². The standard InChI is InChI=1S/C21H24N4O2S/c1-14-8-10-17(11-9-14)22-20(26)13-28-21-24-23-19(25(21)4)12-27-18-7-5-6-15(2)16(18)3/h5-11H,12-13H2,1-4H3,(H,22,26). The molecule has 0 atom stereocenters. The largest absolute Gasteiger partial charge is 0.485 e. The fourth-order valence-corrected chi connectivity index (χ4v) is 3.31. The van der Waals surface area contributed by atoms with E-state index < -0.39 is 0 Å². The van der Waals surface area contributed by atoms with Crippen LogP contribution in [0.1, 0.15) is 22.5 Å². The molecule has 7 heteroatoms. The highest BCUT2D eigenvalue weighted by atomic mass is 32.2. The van der Waals surface area contributed by atoms with Gasteiger partial charge < -0.3 is 14.6 Å². The zero-order chi connectivity index (χ0) is 20.1. The van der Waals surface area contributed by atoms with E-state index in [0.717, 1.165) is 22.6 Å². The summed E-state index contributed by atoms with van der Waals surface area (Å²) in [5, 5.41) is 11.9. The first-order valence-corrected chi connectivity index (χ1v) is 9.99. The van der Waals surface area contributed by atoms with Crippen molar-refractivity contribution in [1.29, 1.82) is 0 Å². The summed E-state index contributed by atoms with van der Waals surface area (Å²) in [4.78, 5) is 12.2. The Labute approximate surface area is 169 Å².